The number of rotatable bonds is 5. The Bertz CT molecular complexity index is 562. The molecular formula is C17H17NO2. The summed E-state index contributed by atoms with van der Waals surface area (Å²) in [6.07, 6.45) is 0. The lowest BCUT2D eigenvalue weighted by Gasteiger charge is -2.14. The average molecular weight is 267 g/mol. The van der Waals surface area contributed by atoms with Gasteiger partial charge in [-0.1, -0.05) is 60.7 Å². The van der Waals surface area contributed by atoms with Crippen molar-refractivity contribution in [1.29, 1.82) is 0 Å². The number of carboxylic acids is 1. The highest BCUT2D eigenvalue weighted by Gasteiger charge is 2.16. The van der Waals surface area contributed by atoms with Gasteiger partial charge >= 0.3 is 5.97 Å². The van der Waals surface area contributed by atoms with E-state index in [9.17, 15) is 9.90 Å². The van der Waals surface area contributed by atoms with Crippen molar-refractivity contribution < 1.29 is 9.90 Å². The van der Waals surface area contributed by atoms with E-state index in [0.29, 0.717) is 12.1 Å². The first-order chi connectivity index (χ1) is 9.74. The van der Waals surface area contributed by atoms with E-state index in [1.54, 1.807) is 0 Å². The molecule has 0 saturated heterocycles. The fraction of sp³-hybridized carbons (Fsp3) is 0.118. The number of hydrogen-bond donors (Lipinski definition) is 2. The topological polar surface area (TPSA) is 49.3 Å². The van der Waals surface area contributed by atoms with E-state index >= 15 is 0 Å². The van der Waals surface area contributed by atoms with Gasteiger partial charge in [0.15, 0.2) is 0 Å². The van der Waals surface area contributed by atoms with Gasteiger partial charge < -0.3 is 10.4 Å². The van der Waals surface area contributed by atoms with Crippen molar-refractivity contribution in [2.75, 3.05) is 6.54 Å². The Morgan fingerprint density at radius 2 is 1.40 bits per heavy atom. The molecule has 2 rings (SSSR count). The number of likely N-dealkylation sites (N-methyl/N-ethyl adjacent to an activating group) is 1. The number of carbonyl (C=O) groups is 1. The lowest BCUT2D eigenvalue weighted by atomic mass is 9.95. The molecule has 0 spiro atoms. The molecule has 0 bridgehead atoms. The van der Waals surface area contributed by atoms with Gasteiger partial charge in [0.2, 0.25) is 0 Å². The van der Waals surface area contributed by atoms with E-state index in [4.69, 9.17) is 0 Å². The molecule has 0 unspecified atom stereocenters. The maximum atomic E-state index is 11.6. The van der Waals surface area contributed by atoms with Crippen LogP contribution in [-0.4, -0.2) is 17.6 Å². The van der Waals surface area contributed by atoms with E-state index in [0.717, 1.165) is 11.1 Å². The van der Waals surface area contributed by atoms with Gasteiger partial charge in [-0.25, -0.2) is 4.79 Å². The van der Waals surface area contributed by atoms with E-state index in [1.165, 1.54) is 0 Å². The fourth-order valence-electron chi connectivity index (χ4n) is 2.11. The van der Waals surface area contributed by atoms with Crippen LogP contribution in [0, 0.1) is 0 Å². The smallest absolute Gasteiger partial charge is 0.352 e. The Hall–Kier alpha value is -2.55. The SMILES string of the molecule is CCNC(C(=O)O)=C(c1ccccc1)c1ccccc1. The predicted molar refractivity (Wildman–Crippen MR) is 80.2 cm³/mol. The second-order valence-corrected chi connectivity index (χ2v) is 4.32. The minimum Gasteiger partial charge on any atom is -0.477 e. The summed E-state index contributed by atoms with van der Waals surface area (Å²) in [4.78, 5) is 11.6. The van der Waals surface area contributed by atoms with Crippen LogP contribution in [0.3, 0.4) is 0 Å². The number of benzene rings is 2. The van der Waals surface area contributed by atoms with Crippen molar-refractivity contribution in [3.63, 3.8) is 0 Å². The van der Waals surface area contributed by atoms with Crippen molar-refractivity contribution in [3.8, 4) is 0 Å². The molecule has 0 atom stereocenters. The van der Waals surface area contributed by atoms with Crippen LogP contribution in [-0.2, 0) is 4.79 Å². The van der Waals surface area contributed by atoms with Crippen LogP contribution in [0.25, 0.3) is 5.57 Å². The lowest BCUT2D eigenvalue weighted by molar-refractivity contribution is -0.133. The molecule has 3 nitrogen and oxygen atoms in total. The van der Waals surface area contributed by atoms with Gasteiger partial charge in [0.05, 0.1) is 0 Å². The van der Waals surface area contributed by atoms with Gasteiger partial charge in [0.1, 0.15) is 5.70 Å². The summed E-state index contributed by atoms with van der Waals surface area (Å²) in [5.41, 5.74) is 2.71. The predicted octanol–water partition coefficient (Wildman–Crippen LogP) is 3.14. The van der Waals surface area contributed by atoms with Gasteiger partial charge in [-0.3, -0.25) is 0 Å². The molecule has 0 radical (unpaired) electrons. The minimum absolute atomic E-state index is 0.227. The number of carboxylic acid groups (broad SMARTS) is 1. The zero-order valence-electron chi connectivity index (χ0n) is 11.3. The zero-order valence-corrected chi connectivity index (χ0v) is 11.3. The maximum absolute atomic E-state index is 11.6. The Kier molecular flexibility index (Phi) is 4.56. The summed E-state index contributed by atoms with van der Waals surface area (Å²) in [6.45, 7) is 2.45. The summed E-state index contributed by atoms with van der Waals surface area (Å²) >= 11 is 0. The molecule has 2 aromatic rings. The third kappa shape index (κ3) is 3.06. The highest BCUT2D eigenvalue weighted by Crippen LogP contribution is 2.26. The van der Waals surface area contributed by atoms with Crippen LogP contribution in [0.4, 0.5) is 0 Å². The summed E-state index contributed by atoms with van der Waals surface area (Å²) in [7, 11) is 0. The van der Waals surface area contributed by atoms with Gasteiger partial charge in [0.25, 0.3) is 0 Å². The molecule has 0 saturated carbocycles. The Morgan fingerprint density at radius 1 is 0.950 bits per heavy atom. The summed E-state index contributed by atoms with van der Waals surface area (Å²) in [5.74, 6) is -0.949. The first kappa shape index (κ1) is 13.9. The summed E-state index contributed by atoms with van der Waals surface area (Å²) < 4.78 is 0. The van der Waals surface area contributed by atoms with Crippen molar-refractivity contribution >= 4 is 11.5 Å². The van der Waals surface area contributed by atoms with Crippen molar-refractivity contribution in [3.05, 3.63) is 77.5 Å². The molecule has 0 aliphatic rings. The van der Waals surface area contributed by atoms with Crippen LogP contribution in [0.1, 0.15) is 18.1 Å². The molecule has 3 heteroatoms. The fourth-order valence-corrected chi connectivity index (χ4v) is 2.11. The Morgan fingerprint density at radius 3 is 1.75 bits per heavy atom. The maximum Gasteiger partial charge on any atom is 0.352 e. The second kappa shape index (κ2) is 6.57. The monoisotopic (exact) mass is 267 g/mol. The second-order valence-electron chi connectivity index (χ2n) is 4.32. The summed E-state index contributed by atoms with van der Waals surface area (Å²) in [5, 5.41) is 12.4. The largest absolute Gasteiger partial charge is 0.477 e. The van der Waals surface area contributed by atoms with Crippen LogP contribution >= 0.6 is 0 Å². The number of aliphatic carboxylic acids is 1. The van der Waals surface area contributed by atoms with E-state index in [1.807, 2.05) is 67.6 Å². The Balaban J connectivity index is 2.66. The first-order valence-electron chi connectivity index (χ1n) is 6.56. The molecule has 0 aliphatic carbocycles. The molecule has 0 fully saturated rings. The minimum atomic E-state index is -0.949. The van der Waals surface area contributed by atoms with Gasteiger partial charge in [-0.2, -0.15) is 0 Å². The molecule has 0 aromatic heterocycles. The normalized spacial score (nSPS) is 9.85. The highest BCUT2D eigenvalue weighted by molar-refractivity contribution is 6.00. The van der Waals surface area contributed by atoms with Gasteiger partial charge in [-0.15, -0.1) is 0 Å². The summed E-state index contributed by atoms with van der Waals surface area (Å²) in [6, 6.07) is 19.1. The average Bonchev–Trinajstić information content (AvgIpc) is 2.49. The molecule has 2 aromatic carbocycles. The first-order valence-corrected chi connectivity index (χ1v) is 6.56. The van der Waals surface area contributed by atoms with Crippen molar-refractivity contribution in [1.82, 2.24) is 5.32 Å². The van der Waals surface area contributed by atoms with E-state index in [2.05, 4.69) is 5.32 Å². The third-order valence-corrected chi connectivity index (χ3v) is 2.94. The van der Waals surface area contributed by atoms with Gasteiger partial charge in [0, 0.05) is 12.1 Å². The molecule has 0 amide bonds. The van der Waals surface area contributed by atoms with Crippen LogP contribution in [0.5, 0.6) is 0 Å². The van der Waals surface area contributed by atoms with Crippen molar-refractivity contribution in [2.45, 2.75) is 6.92 Å². The van der Waals surface area contributed by atoms with Crippen LogP contribution in [0.15, 0.2) is 66.4 Å². The quantitative estimate of drug-likeness (QED) is 0.818. The van der Waals surface area contributed by atoms with E-state index < -0.39 is 5.97 Å². The third-order valence-electron chi connectivity index (χ3n) is 2.94. The number of nitrogens with one attached hydrogen (secondary N) is 1. The van der Waals surface area contributed by atoms with Crippen LogP contribution in [0.2, 0.25) is 0 Å². The van der Waals surface area contributed by atoms with Crippen LogP contribution < -0.4 is 5.32 Å². The molecule has 0 aliphatic heterocycles. The van der Waals surface area contributed by atoms with Crippen molar-refractivity contribution in [2.24, 2.45) is 0 Å². The standard InChI is InChI=1S/C17H17NO2/c1-2-18-16(17(19)20)15(13-9-5-3-6-10-13)14-11-7-4-8-12-14/h3-12,18H,2H2,1H3,(H,19,20). The number of hydrogen-bond acceptors (Lipinski definition) is 2. The molecule has 20 heavy (non-hydrogen) atoms. The molecule has 0 heterocycles. The highest BCUT2D eigenvalue weighted by atomic mass is 16.4. The lowest BCUT2D eigenvalue weighted by Crippen LogP contribution is -2.22. The zero-order chi connectivity index (χ0) is 14.4. The molecular weight excluding hydrogens is 250 g/mol. The molecule has 102 valence electrons. The Labute approximate surface area is 118 Å². The van der Waals surface area contributed by atoms with E-state index in [-0.39, 0.29) is 5.70 Å². The molecule has 2 N–H and O–H groups in total. The van der Waals surface area contributed by atoms with Gasteiger partial charge in [-0.05, 0) is 18.1 Å².